The van der Waals surface area contributed by atoms with Gasteiger partial charge in [-0.25, -0.2) is 4.98 Å². The molecule has 0 atom stereocenters. The summed E-state index contributed by atoms with van der Waals surface area (Å²) in [6, 6.07) is 7.31. The molecule has 0 unspecified atom stereocenters. The molecule has 154 valence electrons. The minimum absolute atomic E-state index is 0.282. The average Bonchev–Trinajstić information content (AvgIpc) is 2.75. The van der Waals surface area contributed by atoms with Gasteiger partial charge in [0, 0.05) is 48.0 Å². The van der Waals surface area contributed by atoms with E-state index in [9.17, 15) is 4.79 Å². The molecule has 2 aromatic rings. The van der Waals surface area contributed by atoms with Crippen molar-refractivity contribution in [1.29, 1.82) is 0 Å². The highest BCUT2D eigenvalue weighted by molar-refractivity contribution is 8.00. The number of morpholine rings is 1. The number of hydrogen-bond donors (Lipinski definition) is 1. The molecule has 29 heavy (non-hydrogen) atoms. The van der Waals surface area contributed by atoms with Gasteiger partial charge in [-0.05, 0) is 49.1 Å². The predicted molar refractivity (Wildman–Crippen MR) is 121 cm³/mol. The largest absolute Gasteiger partial charge is 0.378 e. The molecular formula is C20H22Cl2N4O2S. The van der Waals surface area contributed by atoms with E-state index < -0.39 is 0 Å². The van der Waals surface area contributed by atoms with Crippen molar-refractivity contribution in [2.45, 2.75) is 12.8 Å². The zero-order valence-electron chi connectivity index (χ0n) is 15.9. The van der Waals surface area contributed by atoms with Crippen LogP contribution in [-0.4, -0.2) is 49.5 Å². The second-order valence-electron chi connectivity index (χ2n) is 6.92. The van der Waals surface area contributed by atoms with Gasteiger partial charge in [0.05, 0.1) is 23.8 Å². The molecule has 9 heteroatoms. The van der Waals surface area contributed by atoms with E-state index in [4.69, 9.17) is 27.9 Å². The third kappa shape index (κ3) is 5.09. The topological polar surface area (TPSA) is 57.7 Å². The Kier molecular flexibility index (Phi) is 6.70. The second-order valence-corrected chi connectivity index (χ2v) is 8.87. The van der Waals surface area contributed by atoms with Gasteiger partial charge in [0.25, 0.3) is 5.91 Å². The normalized spacial score (nSPS) is 17.3. The fourth-order valence-corrected chi connectivity index (χ4v) is 4.83. The van der Waals surface area contributed by atoms with Crippen LogP contribution in [0, 0.1) is 0 Å². The van der Waals surface area contributed by atoms with Crippen LogP contribution < -0.4 is 14.5 Å². The van der Waals surface area contributed by atoms with Crippen LogP contribution in [0.3, 0.4) is 0 Å². The Bertz CT molecular complexity index is 887. The molecule has 2 aliphatic heterocycles. The fourth-order valence-electron chi connectivity index (χ4n) is 3.36. The molecule has 0 bridgehead atoms. The Labute approximate surface area is 184 Å². The van der Waals surface area contributed by atoms with E-state index in [-0.39, 0.29) is 5.91 Å². The summed E-state index contributed by atoms with van der Waals surface area (Å²) in [7, 11) is 0. The van der Waals surface area contributed by atoms with Gasteiger partial charge in [-0.1, -0.05) is 23.2 Å². The Hall–Kier alpha value is -1.67. The van der Waals surface area contributed by atoms with Gasteiger partial charge in [0.1, 0.15) is 5.82 Å². The molecule has 1 N–H and O–H groups in total. The number of nitrogens with zero attached hydrogens (tertiary/aromatic N) is 3. The number of amides is 1. The summed E-state index contributed by atoms with van der Waals surface area (Å²) in [5.74, 6) is 1.53. The number of benzene rings is 1. The Morgan fingerprint density at radius 2 is 1.93 bits per heavy atom. The zero-order chi connectivity index (χ0) is 20.2. The molecule has 3 heterocycles. The van der Waals surface area contributed by atoms with Crippen molar-refractivity contribution in [3.05, 3.63) is 46.1 Å². The highest BCUT2D eigenvalue weighted by atomic mass is 35.5. The number of carbonyl (C=O) groups is 1. The standard InChI is InChI=1S/C20H22Cl2N4O2S/c21-14-9-15(11-16(10-14)25-4-6-28-7-5-25)24-20(27)17-12-19(23-13-18(17)22)26-3-1-2-8-29-26/h9-13H,1-8H2,(H,24,27). The summed E-state index contributed by atoms with van der Waals surface area (Å²) in [6.45, 7) is 3.86. The maximum atomic E-state index is 12.9. The summed E-state index contributed by atoms with van der Waals surface area (Å²) in [4.78, 5) is 19.5. The van der Waals surface area contributed by atoms with Crippen molar-refractivity contribution in [1.82, 2.24) is 4.98 Å². The molecule has 1 amide bonds. The fraction of sp³-hybridized carbons (Fsp3) is 0.400. The van der Waals surface area contributed by atoms with E-state index in [2.05, 4.69) is 19.5 Å². The maximum Gasteiger partial charge on any atom is 0.257 e. The lowest BCUT2D eigenvalue weighted by atomic mass is 10.2. The van der Waals surface area contributed by atoms with E-state index in [1.807, 2.05) is 12.1 Å². The summed E-state index contributed by atoms with van der Waals surface area (Å²) in [5.41, 5.74) is 1.99. The van der Waals surface area contributed by atoms with Crippen molar-refractivity contribution >= 4 is 58.2 Å². The quantitative estimate of drug-likeness (QED) is 0.676. The number of halogens is 2. The molecule has 2 fully saturated rings. The van der Waals surface area contributed by atoms with Gasteiger partial charge in [-0.15, -0.1) is 0 Å². The highest BCUT2D eigenvalue weighted by Gasteiger charge is 2.19. The highest BCUT2D eigenvalue weighted by Crippen LogP contribution is 2.30. The number of rotatable bonds is 4. The Morgan fingerprint density at radius 3 is 2.69 bits per heavy atom. The summed E-state index contributed by atoms with van der Waals surface area (Å²) >= 11 is 14.3. The molecule has 1 aromatic carbocycles. The van der Waals surface area contributed by atoms with Crippen LogP contribution >= 0.6 is 35.1 Å². The lowest BCUT2D eigenvalue weighted by Crippen LogP contribution is -2.36. The molecule has 1 aromatic heterocycles. The Balaban J connectivity index is 1.53. The Morgan fingerprint density at radius 1 is 1.10 bits per heavy atom. The SMILES string of the molecule is O=C(Nc1cc(Cl)cc(N2CCOCC2)c1)c1cc(N2CCCCS2)ncc1Cl. The smallest absolute Gasteiger partial charge is 0.257 e. The van der Waals surface area contributed by atoms with Crippen LogP contribution in [0.1, 0.15) is 23.2 Å². The first kappa shape index (κ1) is 20.6. The van der Waals surface area contributed by atoms with Crippen molar-refractivity contribution in [3.8, 4) is 0 Å². The molecule has 0 saturated carbocycles. The van der Waals surface area contributed by atoms with Gasteiger partial charge in [0.2, 0.25) is 0 Å². The third-order valence-corrected chi connectivity index (χ3v) is 6.53. The van der Waals surface area contributed by atoms with Gasteiger partial charge in [-0.2, -0.15) is 0 Å². The van der Waals surface area contributed by atoms with E-state index in [0.29, 0.717) is 34.5 Å². The first-order valence-electron chi connectivity index (χ1n) is 9.61. The van der Waals surface area contributed by atoms with Crippen LogP contribution in [0.4, 0.5) is 17.2 Å². The molecule has 6 nitrogen and oxygen atoms in total. The van der Waals surface area contributed by atoms with Crippen LogP contribution in [0.5, 0.6) is 0 Å². The van der Waals surface area contributed by atoms with Crippen LogP contribution in [0.25, 0.3) is 0 Å². The zero-order valence-corrected chi connectivity index (χ0v) is 18.2. The van der Waals surface area contributed by atoms with Gasteiger partial charge in [-0.3, -0.25) is 4.79 Å². The number of hydrogen-bond acceptors (Lipinski definition) is 6. The van der Waals surface area contributed by atoms with Crippen LogP contribution in [0.15, 0.2) is 30.5 Å². The van der Waals surface area contributed by atoms with Crippen LogP contribution in [0.2, 0.25) is 10.0 Å². The molecule has 0 aliphatic carbocycles. The maximum absolute atomic E-state index is 12.9. The van der Waals surface area contributed by atoms with Gasteiger partial charge < -0.3 is 19.3 Å². The third-order valence-electron chi connectivity index (χ3n) is 4.86. The minimum Gasteiger partial charge on any atom is -0.378 e. The van der Waals surface area contributed by atoms with Crippen LogP contribution in [-0.2, 0) is 4.74 Å². The predicted octanol–water partition coefficient (Wildman–Crippen LogP) is 4.73. The molecule has 2 saturated heterocycles. The molecule has 2 aliphatic rings. The molecule has 0 spiro atoms. The van der Waals surface area contributed by atoms with Crippen molar-refractivity contribution in [2.24, 2.45) is 0 Å². The summed E-state index contributed by atoms with van der Waals surface area (Å²) < 4.78 is 7.53. The van der Waals surface area contributed by atoms with E-state index >= 15 is 0 Å². The number of anilines is 3. The van der Waals surface area contributed by atoms with E-state index in [1.54, 1.807) is 24.1 Å². The lowest BCUT2D eigenvalue weighted by Gasteiger charge is -2.29. The van der Waals surface area contributed by atoms with Gasteiger partial charge >= 0.3 is 0 Å². The second kappa shape index (κ2) is 9.43. The van der Waals surface area contributed by atoms with Crippen molar-refractivity contribution < 1.29 is 9.53 Å². The number of ether oxygens (including phenoxy) is 1. The number of carbonyl (C=O) groups excluding carboxylic acids is 1. The molecule has 0 radical (unpaired) electrons. The van der Waals surface area contributed by atoms with E-state index in [1.165, 1.54) is 12.6 Å². The first-order chi connectivity index (χ1) is 14.1. The minimum atomic E-state index is -0.282. The van der Waals surface area contributed by atoms with Crippen molar-refractivity contribution in [3.63, 3.8) is 0 Å². The summed E-state index contributed by atoms with van der Waals surface area (Å²) in [5, 5.41) is 3.82. The molecular weight excluding hydrogens is 431 g/mol. The van der Waals surface area contributed by atoms with E-state index in [0.717, 1.165) is 43.3 Å². The number of nitrogens with one attached hydrogen (secondary N) is 1. The lowest BCUT2D eigenvalue weighted by molar-refractivity contribution is 0.102. The summed E-state index contributed by atoms with van der Waals surface area (Å²) in [6.07, 6.45) is 3.85. The first-order valence-corrected chi connectivity index (χ1v) is 11.3. The average molecular weight is 453 g/mol. The number of aromatic nitrogens is 1. The monoisotopic (exact) mass is 452 g/mol. The van der Waals surface area contributed by atoms with Gasteiger partial charge in [0.15, 0.2) is 0 Å². The molecule has 4 rings (SSSR count). The van der Waals surface area contributed by atoms with Crippen molar-refractivity contribution in [2.75, 3.05) is 53.1 Å². The number of pyridine rings is 1.